The molecule has 0 spiro atoms. The predicted octanol–water partition coefficient (Wildman–Crippen LogP) is 3.25. The number of fused-ring (bicyclic) bond motifs is 1. The molecule has 0 radical (unpaired) electrons. The number of halogens is 4. The van der Waals surface area contributed by atoms with Crippen molar-refractivity contribution in [2.75, 3.05) is 20.2 Å². The van der Waals surface area contributed by atoms with Gasteiger partial charge in [-0.3, -0.25) is 4.99 Å². The maximum Gasteiger partial charge on any atom is 0.390 e. The summed E-state index contributed by atoms with van der Waals surface area (Å²) in [7, 11) is 1.54. The van der Waals surface area contributed by atoms with Gasteiger partial charge in [-0.05, 0) is 6.07 Å². The molecule has 0 bridgehead atoms. The molecule has 1 aliphatic heterocycles. The van der Waals surface area contributed by atoms with Crippen LogP contribution in [0.25, 0.3) is 0 Å². The smallest absolute Gasteiger partial charge is 0.390 e. The lowest BCUT2D eigenvalue weighted by Crippen LogP contribution is -2.42. The van der Waals surface area contributed by atoms with E-state index in [-0.39, 0.29) is 36.6 Å². The molecule has 1 heterocycles. The molecule has 22 heavy (non-hydrogen) atoms. The van der Waals surface area contributed by atoms with Crippen LogP contribution in [0.15, 0.2) is 29.3 Å². The van der Waals surface area contributed by atoms with Crippen molar-refractivity contribution in [3.63, 3.8) is 0 Å². The molecule has 4 nitrogen and oxygen atoms in total. The summed E-state index contributed by atoms with van der Waals surface area (Å²) in [5.74, 6) is 1.16. The molecule has 0 aromatic heterocycles. The summed E-state index contributed by atoms with van der Waals surface area (Å²) in [5, 5.41) is 5.82. The number of nitrogens with one attached hydrogen (secondary N) is 2. The van der Waals surface area contributed by atoms with E-state index in [0.717, 1.165) is 17.7 Å². The monoisotopic (exact) mass is 429 g/mol. The third-order valence-electron chi connectivity index (χ3n) is 3.19. The number of para-hydroxylation sites is 1. The van der Waals surface area contributed by atoms with Crippen molar-refractivity contribution < 1.29 is 17.9 Å². The highest BCUT2D eigenvalue weighted by Crippen LogP contribution is 2.31. The molecule has 8 heteroatoms. The number of hydrogen-bond donors (Lipinski definition) is 2. The topological polar surface area (TPSA) is 45.7 Å². The predicted molar refractivity (Wildman–Crippen MR) is 89.9 cm³/mol. The second kappa shape index (κ2) is 8.44. The van der Waals surface area contributed by atoms with Gasteiger partial charge in [0.25, 0.3) is 0 Å². The Kier molecular flexibility index (Phi) is 7.24. The van der Waals surface area contributed by atoms with E-state index in [1.165, 1.54) is 7.05 Å². The Balaban J connectivity index is 0.00000242. The van der Waals surface area contributed by atoms with Crippen molar-refractivity contribution in [1.82, 2.24) is 10.6 Å². The normalized spacial score (nSPS) is 17.8. The molecule has 2 rings (SSSR count). The second-order valence-electron chi connectivity index (χ2n) is 4.74. The van der Waals surface area contributed by atoms with Crippen LogP contribution < -0.4 is 15.4 Å². The second-order valence-corrected chi connectivity index (χ2v) is 4.74. The number of nitrogens with zero attached hydrogens (tertiary/aromatic N) is 1. The Morgan fingerprint density at radius 3 is 2.77 bits per heavy atom. The zero-order chi connectivity index (χ0) is 15.3. The highest BCUT2D eigenvalue weighted by Gasteiger charge is 2.27. The van der Waals surface area contributed by atoms with E-state index in [1.807, 2.05) is 24.3 Å². The van der Waals surface area contributed by atoms with Gasteiger partial charge in [-0.2, -0.15) is 13.2 Å². The van der Waals surface area contributed by atoms with E-state index in [9.17, 15) is 13.2 Å². The Hall–Kier alpha value is -1.19. The van der Waals surface area contributed by atoms with Crippen molar-refractivity contribution in [3.8, 4) is 5.75 Å². The molecule has 0 aliphatic carbocycles. The first-order valence-electron chi connectivity index (χ1n) is 6.75. The molecule has 0 fully saturated rings. The average Bonchev–Trinajstić information content (AvgIpc) is 2.45. The maximum atomic E-state index is 12.1. The van der Waals surface area contributed by atoms with Crippen LogP contribution in [0.2, 0.25) is 0 Å². The van der Waals surface area contributed by atoms with Gasteiger partial charge in [0.15, 0.2) is 5.96 Å². The van der Waals surface area contributed by atoms with Crippen molar-refractivity contribution >= 4 is 29.9 Å². The fraction of sp³-hybridized carbons (Fsp3) is 0.500. The molecular formula is C14H19F3IN3O. The standard InChI is InChI=1S/C14H18F3N3O.HI/c1-18-13(19-8-7-14(15,16)17)20-11-6-9-21-12-5-3-2-4-10(11)12;/h2-5,11H,6-9H2,1H3,(H2,18,19,20);1H. The molecule has 1 aromatic rings. The van der Waals surface area contributed by atoms with Crippen LogP contribution in [0, 0.1) is 0 Å². The molecular weight excluding hydrogens is 410 g/mol. The third kappa shape index (κ3) is 5.54. The Bertz CT molecular complexity index is 508. The van der Waals surface area contributed by atoms with Crippen molar-refractivity contribution in [2.45, 2.75) is 25.1 Å². The number of alkyl halides is 3. The van der Waals surface area contributed by atoms with Gasteiger partial charge in [-0.25, -0.2) is 0 Å². The number of hydrogen-bond acceptors (Lipinski definition) is 2. The van der Waals surface area contributed by atoms with Gasteiger partial charge in [0.05, 0.1) is 19.1 Å². The van der Waals surface area contributed by atoms with E-state index in [1.54, 1.807) is 0 Å². The first-order valence-corrected chi connectivity index (χ1v) is 6.75. The number of aliphatic imine (C=N–C) groups is 1. The fourth-order valence-corrected chi connectivity index (χ4v) is 2.17. The quantitative estimate of drug-likeness (QED) is 0.441. The first-order chi connectivity index (χ1) is 9.99. The summed E-state index contributed by atoms with van der Waals surface area (Å²) in [6.45, 7) is 0.363. The van der Waals surface area contributed by atoms with Crippen LogP contribution in [0.3, 0.4) is 0 Å². The summed E-state index contributed by atoms with van der Waals surface area (Å²) in [5.41, 5.74) is 0.988. The van der Waals surface area contributed by atoms with Crippen molar-refractivity contribution in [3.05, 3.63) is 29.8 Å². The number of rotatable bonds is 3. The highest BCUT2D eigenvalue weighted by molar-refractivity contribution is 14.0. The minimum Gasteiger partial charge on any atom is -0.493 e. The molecule has 1 atom stereocenters. The van der Waals surface area contributed by atoms with Crippen LogP contribution >= 0.6 is 24.0 Å². The lowest BCUT2D eigenvalue weighted by Gasteiger charge is -2.28. The Morgan fingerprint density at radius 1 is 1.36 bits per heavy atom. The van der Waals surface area contributed by atoms with E-state index in [2.05, 4.69) is 15.6 Å². The lowest BCUT2D eigenvalue weighted by atomic mass is 10.0. The first kappa shape index (κ1) is 18.9. The molecule has 2 N–H and O–H groups in total. The van der Waals surface area contributed by atoms with E-state index in [4.69, 9.17) is 4.74 Å². The maximum absolute atomic E-state index is 12.1. The van der Waals surface area contributed by atoms with Crippen molar-refractivity contribution in [2.24, 2.45) is 4.99 Å². The van der Waals surface area contributed by atoms with E-state index in [0.29, 0.717) is 12.6 Å². The van der Waals surface area contributed by atoms with Crippen LogP contribution in [0.1, 0.15) is 24.4 Å². The number of ether oxygens (including phenoxy) is 1. The lowest BCUT2D eigenvalue weighted by molar-refractivity contribution is -0.132. The SMILES string of the molecule is CN=C(NCCC(F)(F)F)NC1CCOc2ccccc21.I. The number of guanidine groups is 1. The third-order valence-corrected chi connectivity index (χ3v) is 3.19. The summed E-state index contributed by atoms with van der Waals surface area (Å²) in [6.07, 6.45) is -4.33. The molecule has 0 amide bonds. The van der Waals surface area contributed by atoms with Crippen molar-refractivity contribution in [1.29, 1.82) is 0 Å². The number of benzene rings is 1. The largest absolute Gasteiger partial charge is 0.493 e. The summed E-state index contributed by atoms with van der Waals surface area (Å²) in [6, 6.07) is 7.59. The van der Waals surface area contributed by atoms with Gasteiger partial charge >= 0.3 is 6.18 Å². The summed E-state index contributed by atoms with van der Waals surface area (Å²) >= 11 is 0. The van der Waals surface area contributed by atoms with Gasteiger partial charge in [-0.15, -0.1) is 24.0 Å². The van der Waals surface area contributed by atoms with Gasteiger partial charge < -0.3 is 15.4 Å². The van der Waals surface area contributed by atoms with Gasteiger partial charge in [0.2, 0.25) is 0 Å². The minimum absolute atomic E-state index is 0. The van der Waals surface area contributed by atoms with E-state index >= 15 is 0 Å². The molecule has 0 saturated heterocycles. The minimum atomic E-state index is -4.17. The fourth-order valence-electron chi connectivity index (χ4n) is 2.17. The molecule has 0 saturated carbocycles. The zero-order valence-electron chi connectivity index (χ0n) is 12.1. The zero-order valence-corrected chi connectivity index (χ0v) is 14.4. The average molecular weight is 429 g/mol. The summed E-state index contributed by atoms with van der Waals surface area (Å²) < 4.78 is 42.0. The Labute approximate surface area is 144 Å². The molecule has 1 unspecified atom stereocenters. The molecule has 1 aliphatic rings. The van der Waals surface area contributed by atoms with Crippen LogP contribution in [-0.4, -0.2) is 32.3 Å². The van der Waals surface area contributed by atoms with Crippen LogP contribution in [-0.2, 0) is 0 Å². The molecule has 124 valence electrons. The van der Waals surface area contributed by atoms with Crippen LogP contribution in [0.4, 0.5) is 13.2 Å². The van der Waals surface area contributed by atoms with E-state index < -0.39 is 12.6 Å². The molecule has 1 aromatic carbocycles. The van der Waals surface area contributed by atoms with Gasteiger partial charge in [0.1, 0.15) is 5.75 Å². The van der Waals surface area contributed by atoms with Gasteiger partial charge in [-0.1, -0.05) is 18.2 Å². The Morgan fingerprint density at radius 2 is 2.09 bits per heavy atom. The van der Waals surface area contributed by atoms with Crippen LogP contribution in [0.5, 0.6) is 5.75 Å². The van der Waals surface area contributed by atoms with Gasteiger partial charge in [0, 0.05) is 25.6 Å². The highest BCUT2D eigenvalue weighted by atomic mass is 127. The summed E-state index contributed by atoms with van der Waals surface area (Å²) in [4.78, 5) is 3.96.